The largest absolute Gasteiger partial charge is 0.480 e. The van der Waals surface area contributed by atoms with Gasteiger partial charge in [0.2, 0.25) is 0 Å². The molecule has 1 aromatic carbocycles. The average Bonchev–Trinajstić information content (AvgIpc) is 2.28. The molecule has 1 rings (SSSR count). The predicted octanol–water partition coefficient (Wildman–Crippen LogP) is 4.45. The van der Waals surface area contributed by atoms with Crippen molar-refractivity contribution in [1.82, 2.24) is 0 Å². The molecular weight excluding hydrogens is 327 g/mol. The van der Waals surface area contributed by atoms with E-state index in [1.54, 1.807) is 0 Å². The first-order valence-corrected chi connectivity index (χ1v) is 10.5. The fraction of sp³-hybridized carbons (Fsp3) is 0.417. The van der Waals surface area contributed by atoms with Gasteiger partial charge in [0, 0.05) is 6.07 Å². The zero-order chi connectivity index (χ0) is 14.6. The first-order valence-electron chi connectivity index (χ1n) is 5.62. The van der Waals surface area contributed by atoms with E-state index in [9.17, 15) is 4.79 Å². The molecule has 3 nitrogen and oxygen atoms in total. The van der Waals surface area contributed by atoms with Crippen LogP contribution in [0.2, 0.25) is 34.7 Å². The van der Waals surface area contributed by atoms with Gasteiger partial charge in [-0.25, -0.2) is 4.79 Å². The number of halogens is 3. The Balaban J connectivity index is 2.53. The van der Waals surface area contributed by atoms with Crippen molar-refractivity contribution in [3.63, 3.8) is 0 Å². The number of carbonyl (C=O) groups is 1. The van der Waals surface area contributed by atoms with Crippen molar-refractivity contribution < 1.29 is 14.3 Å². The van der Waals surface area contributed by atoms with Crippen LogP contribution in [0.15, 0.2) is 12.1 Å². The lowest BCUT2D eigenvalue weighted by atomic mass is 10.3. The normalized spacial score (nSPS) is 11.3. The third kappa shape index (κ3) is 6.04. The Hall–Kier alpha value is -0.423. The van der Waals surface area contributed by atoms with E-state index in [1.807, 2.05) is 0 Å². The summed E-state index contributed by atoms with van der Waals surface area (Å²) in [6.45, 7) is 6.12. The van der Waals surface area contributed by atoms with Crippen LogP contribution in [-0.4, -0.2) is 26.9 Å². The van der Waals surface area contributed by atoms with Gasteiger partial charge < -0.3 is 9.47 Å². The van der Waals surface area contributed by atoms with E-state index in [0.29, 0.717) is 27.0 Å². The molecule has 0 spiro atoms. The number of hydrogen-bond donors (Lipinski definition) is 0. The van der Waals surface area contributed by atoms with Gasteiger partial charge in [-0.1, -0.05) is 54.4 Å². The van der Waals surface area contributed by atoms with Crippen molar-refractivity contribution in [3.05, 3.63) is 27.2 Å². The fourth-order valence-electron chi connectivity index (χ4n) is 1.09. The molecule has 0 unspecified atom stereocenters. The van der Waals surface area contributed by atoms with Gasteiger partial charge in [0.05, 0.1) is 29.4 Å². The Morgan fingerprint density at radius 3 is 2.26 bits per heavy atom. The quantitative estimate of drug-likeness (QED) is 0.451. The summed E-state index contributed by atoms with van der Waals surface area (Å²) < 4.78 is 10.4. The minimum atomic E-state index is -1.42. The van der Waals surface area contributed by atoms with Gasteiger partial charge >= 0.3 is 5.97 Å². The van der Waals surface area contributed by atoms with Gasteiger partial charge in [-0.15, -0.1) is 0 Å². The first-order chi connectivity index (χ1) is 8.69. The van der Waals surface area contributed by atoms with Crippen LogP contribution in [0.4, 0.5) is 0 Å². The number of benzene rings is 1. The van der Waals surface area contributed by atoms with E-state index in [1.165, 1.54) is 12.1 Å². The highest BCUT2D eigenvalue weighted by Crippen LogP contribution is 2.33. The molecule has 0 aromatic heterocycles. The summed E-state index contributed by atoms with van der Waals surface area (Å²) in [7, 11) is -1.42. The lowest BCUT2D eigenvalue weighted by molar-refractivity contribution is -0.144. The van der Waals surface area contributed by atoms with Crippen LogP contribution < -0.4 is 4.74 Å². The molecule has 0 aliphatic carbocycles. The lowest BCUT2D eigenvalue weighted by Gasteiger charge is -2.16. The van der Waals surface area contributed by atoms with Gasteiger partial charge in [0.15, 0.2) is 6.61 Å². The molecule has 1 aromatic rings. The average molecular weight is 342 g/mol. The Bertz CT molecular complexity index is 472. The Morgan fingerprint density at radius 1 is 1.11 bits per heavy atom. The van der Waals surface area contributed by atoms with Crippen molar-refractivity contribution in [2.75, 3.05) is 12.8 Å². The zero-order valence-corrected chi connectivity index (χ0v) is 14.2. The van der Waals surface area contributed by atoms with Crippen LogP contribution >= 0.6 is 34.8 Å². The Morgan fingerprint density at radius 2 is 1.68 bits per heavy atom. The maximum atomic E-state index is 11.5. The van der Waals surface area contributed by atoms with Crippen LogP contribution in [0.1, 0.15) is 0 Å². The lowest BCUT2D eigenvalue weighted by Crippen LogP contribution is -2.31. The van der Waals surface area contributed by atoms with E-state index in [4.69, 9.17) is 44.3 Å². The molecule has 0 bridgehead atoms. The molecule has 106 valence electrons. The van der Waals surface area contributed by atoms with Gasteiger partial charge in [0.25, 0.3) is 0 Å². The number of hydrogen-bond acceptors (Lipinski definition) is 3. The van der Waals surface area contributed by atoms with E-state index in [2.05, 4.69) is 19.6 Å². The molecule has 7 heteroatoms. The number of esters is 1. The fourth-order valence-corrected chi connectivity index (χ4v) is 2.28. The molecule has 0 N–H and O–H groups in total. The van der Waals surface area contributed by atoms with Gasteiger partial charge in [-0.2, -0.15) is 0 Å². The molecule has 0 saturated heterocycles. The van der Waals surface area contributed by atoms with Crippen LogP contribution in [0.5, 0.6) is 5.75 Å². The van der Waals surface area contributed by atoms with Crippen LogP contribution in [0, 0.1) is 0 Å². The van der Waals surface area contributed by atoms with E-state index in [-0.39, 0.29) is 6.61 Å². The van der Waals surface area contributed by atoms with Gasteiger partial charge in [-0.3, -0.25) is 0 Å². The van der Waals surface area contributed by atoms with Crippen LogP contribution in [-0.2, 0) is 9.53 Å². The summed E-state index contributed by atoms with van der Waals surface area (Å²) >= 11 is 17.6. The van der Waals surface area contributed by atoms with Gasteiger partial charge in [0.1, 0.15) is 5.75 Å². The maximum Gasteiger partial charge on any atom is 0.343 e. The molecule has 0 amide bonds. The highest BCUT2D eigenvalue weighted by Gasteiger charge is 2.17. The van der Waals surface area contributed by atoms with Crippen LogP contribution in [0.3, 0.4) is 0 Å². The molecule has 0 radical (unpaired) electrons. The van der Waals surface area contributed by atoms with Crippen molar-refractivity contribution in [3.8, 4) is 5.75 Å². The minimum absolute atomic E-state index is 0.206. The van der Waals surface area contributed by atoms with Crippen molar-refractivity contribution >= 4 is 48.8 Å². The van der Waals surface area contributed by atoms with E-state index in [0.717, 1.165) is 0 Å². The van der Waals surface area contributed by atoms with Crippen molar-refractivity contribution in [1.29, 1.82) is 0 Å². The second kappa shape index (κ2) is 6.84. The Labute approximate surface area is 128 Å². The highest BCUT2D eigenvalue weighted by molar-refractivity contribution is 6.76. The summed E-state index contributed by atoms with van der Waals surface area (Å²) in [6.07, 6.45) is 0.463. The summed E-state index contributed by atoms with van der Waals surface area (Å²) in [6, 6.07) is 2.94. The van der Waals surface area contributed by atoms with Crippen molar-refractivity contribution in [2.45, 2.75) is 19.6 Å². The smallest absolute Gasteiger partial charge is 0.343 e. The SMILES string of the molecule is C[Si](C)(C)COC(=O)COc1cc(Cl)c(Cl)cc1Cl. The summed E-state index contributed by atoms with van der Waals surface area (Å²) in [5, 5.41) is 0.948. The second-order valence-electron chi connectivity index (χ2n) is 5.21. The monoisotopic (exact) mass is 340 g/mol. The molecule has 0 atom stereocenters. The van der Waals surface area contributed by atoms with Gasteiger partial charge in [-0.05, 0) is 6.07 Å². The number of carbonyl (C=O) groups excluding carboxylic acids is 1. The third-order valence-electron chi connectivity index (χ3n) is 1.99. The minimum Gasteiger partial charge on any atom is -0.480 e. The van der Waals surface area contributed by atoms with Crippen LogP contribution in [0.25, 0.3) is 0 Å². The summed E-state index contributed by atoms with van der Waals surface area (Å²) in [4.78, 5) is 11.5. The first kappa shape index (κ1) is 16.6. The van der Waals surface area contributed by atoms with E-state index >= 15 is 0 Å². The standard InChI is InChI=1S/C12H15Cl3O3Si/c1-19(2,3)7-18-12(16)6-17-11-5-9(14)8(13)4-10(11)15/h4-5H,6-7H2,1-3H3. The van der Waals surface area contributed by atoms with Crippen molar-refractivity contribution in [2.24, 2.45) is 0 Å². The zero-order valence-electron chi connectivity index (χ0n) is 10.9. The number of rotatable bonds is 5. The second-order valence-corrected chi connectivity index (χ2v) is 11.8. The molecular formula is C12H15Cl3O3Si. The molecule has 0 fully saturated rings. The predicted molar refractivity (Wildman–Crippen MR) is 81.3 cm³/mol. The molecule has 0 aliphatic heterocycles. The molecule has 0 heterocycles. The third-order valence-corrected chi connectivity index (χ3v) is 4.01. The maximum absolute atomic E-state index is 11.5. The van der Waals surface area contributed by atoms with E-state index < -0.39 is 14.0 Å². The Kier molecular flexibility index (Phi) is 5.99. The molecule has 19 heavy (non-hydrogen) atoms. The number of ether oxygens (including phenoxy) is 2. The molecule has 0 aliphatic rings. The molecule has 0 saturated carbocycles. The topological polar surface area (TPSA) is 35.5 Å². The highest BCUT2D eigenvalue weighted by atomic mass is 35.5. The summed E-state index contributed by atoms with van der Waals surface area (Å²) in [5.74, 6) is -0.120. The summed E-state index contributed by atoms with van der Waals surface area (Å²) in [5.41, 5.74) is 0.